The molecule has 1 aliphatic carbocycles. The van der Waals surface area contributed by atoms with Crippen molar-refractivity contribution in [2.75, 3.05) is 11.5 Å². The summed E-state index contributed by atoms with van der Waals surface area (Å²) < 4.78 is 2.02. The fourth-order valence-corrected chi connectivity index (χ4v) is 5.46. The summed E-state index contributed by atoms with van der Waals surface area (Å²) in [6.45, 7) is 6.63. The van der Waals surface area contributed by atoms with Crippen molar-refractivity contribution in [3.63, 3.8) is 0 Å². The number of aromatic nitrogens is 2. The number of hydrogen-bond donors (Lipinski definition) is 1. The summed E-state index contributed by atoms with van der Waals surface area (Å²) in [6, 6.07) is 0. The molecule has 5 heteroatoms. The largest absolute Gasteiger partial charge is 0.384 e. The average Bonchev–Trinajstić information content (AvgIpc) is 2.91. The molecule has 1 fully saturated rings. The SMILES string of the molecule is CCCCS/C=C1/CCCC(C)(C)C1(O)CSc1nccn1C. The normalized spacial score (nSPS) is 25.9. The van der Waals surface area contributed by atoms with E-state index in [-0.39, 0.29) is 5.41 Å². The summed E-state index contributed by atoms with van der Waals surface area (Å²) in [7, 11) is 2.00. The molecule has 23 heavy (non-hydrogen) atoms. The van der Waals surface area contributed by atoms with Gasteiger partial charge in [-0.3, -0.25) is 0 Å². The van der Waals surface area contributed by atoms with Crippen LogP contribution in [0.4, 0.5) is 0 Å². The molecule has 130 valence electrons. The van der Waals surface area contributed by atoms with Crippen LogP contribution in [0.15, 0.2) is 28.5 Å². The molecule has 1 unspecified atom stereocenters. The first-order chi connectivity index (χ1) is 10.9. The quantitative estimate of drug-likeness (QED) is 0.560. The lowest BCUT2D eigenvalue weighted by Crippen LogP contribution is -2.51. The number of aliphatic hydroxyl groups is 1. The smallest absolute Gasteiger partial charge is 0.167 e. The zero-order valence-electron chi connectivity index (χ0n) is 14.8. The summed E-state index contributed by atoms with van der Waals surface area (Å²) >= 11 is 3.52. The minimum Gasteiger partial charge on any atom is -0.384 e. The molecule has 2 rings (SSSR count). The summed E-state index contributed by atoms with van der Waals surface area (Å²) in [5.41, 5.74) is 0.373. The van der Waals surface area contributed by atoms with Gasteiger partial charge in [-0.15, -0.1) is 11.8 Å². The minimum atomic E-state index is -0.749. The van der Waals surface area contributed by atoms with Crippen molar-refractivity contribution in [2.45, 2.75) is 63.6 Å². The van der Waals surface area contributed by atoms with Crippen LogP contribution in [0.3, 0.4) is 0 Å². The van der Waals surface area contributed by atoms with Crippen molar-refractivity contribution >= 4 is 23.5 Å². The second-order valence-corrected chi connectivity index (χ2v) is 8.99. The van der Waals surface area contributed by atoms with E-state index >= 15 is 0 Å². The maximum absolute atomic E-state index is 11.6. The molecule has 1 aliphatic rings. The van der Waals surface area contributed by atoms with E-state index < -0.39 is 5.60 Å². The van der Waals surface area contributed by atoms with Gasteiger partial charge in [-0.1, -0.05) is 39.0 Å². The van der Waals surface area contributed by atoms with Gasteiger partial charge in [0, 0.05) is 25.2 Å². The molecule has 1 aromatic heterocycles. The van der Waals surface area contributed by atoms with Gasteiger partial charge >= 0.3 is 0 Å². The van der Waals surface area contributed by atoms with E-state index in [9.17, 15) is 5.11 Å². The molecule has 1 saturated carbocycles. The lowest BCUT2D eigenvalue weighted by molar-refractivity contribution is -0.0358. The van der Waals surface area contributed by atoms with E-state index in [0.717, 1.165) is 23.8 Å². The Morgan fingerprint density at radius 3 is 2.87 bits per heavy atom. The van der Waals surface area contributed by atoms with Gasteiger partial charge in [-0.2, -0.15) is 0 Å². The highest BCUT2D eigenvalue weighted by atomic mass is 32.2. The van der Waals surface area contributed by atoms with Crippen molar-refractivity contribution in [1.29, 1.82) is 0 Å². The maximum atomic E-state index is 11.6. The Morgan fingerprint density at radius 1 is 1.43 bits per heavy atom. The first-order valence-electron chi connectivity index (χ1n) is 8.54. The van der Waals surface area contributed by atoms with Crippen LogP contribution in [0, 0.1) is 5.41 Å². The predicted molar refractivity (Wildman–Crippen MR) is 102 cm³/mol. The molecule has 0 radical (unpaired) electrons. The molecule has 1 atom stereocenters. The van der Waals surface area contributed by atoms with Crippen LogP contribution in [0.25, 0.3) is 0 Å². The highest BCUT2D eigenvalue weighted by Gasteiger charge is 2.48. The number of nitrogens with zero attached hydrogens (tertiary/aromatic N) is 2. The highest BCUT2D eigenvalue weighted by Crippen LogP contribution is 2.49. The molecule has 1 N–H and O–H groups in total. The highest BCUT2D eigenvalue weighted by molar-refractivity contribution is 8.02. The predicted octanol–water partition coefficient (Wildman–Crippen LogP) is 4.87. The van der Waals surface area contributed by atoms with Gasteiger partial charge < -0.3 is 9.67 Å². The van der Waals surface area contributed by atoms with Crippen molar-refractivity contribution in [3.05, 3.63) is 23.4 Å². The monoisotopic (exact) mass is 354 g/mol. The van der Waals surface area contributed by atoms with Crippen molar-refractivity contribution < 1.29 is 5.11 Å². The van der Waals surface area contributed by atoms with Gasteiger partial charge in [0.25, 0.3) is 0 Å². The van der Waals surface area contributed by atoms with Crippen molar-refractivity contribution in [3.8, 4) is 0 Å². The van der Waals surface area contributed by atoms with E-state index in [2.05, 4.69) is 31.2 Å². The molecule has 0 amide bonds. The number of unbranched alkanes of at least 4 members (excludes halogenated alkanes) is 1. The molecule has 0 aliphatic heterocycles. The molecule has 1 heterocycles. The lowest BCUT2D eigenvalue weighted by atomic mass is 9.64. The van der Waals surface area contributed by atoms with E-state index in [0.29, 0.717) is 5.75 Å². The zero-order chi connectivity index (χ0) is 16.9. The maximum Gasteiger partial charge on any atom is 0.167 e. The van der Waals surface area contributed by atoms with Gasteiger partial charge in [-0.05, 0) is 47.8 Å². The third-order valence-corrected chi connectivity index (χ3v) is 7.12. The third-order valence-electron chi connectivity index (χ3n) is 4.93. The topological polar surface area (TPSA) is 38.1 Å². The summed E-state index contributed by atoms with van der Waals surface area (Å²) in [5, 5.41) is 14.8. The Hall–Kier alpha value is -0.390. The van der Waals surface area contributed by atoms with Gasteiger partial charge in [-0.25, -0.2) is 4.98 Å². The van der Waals surface area contributed by atoms with E-state index in [1.807, 2.05) is 35.8 Å². The Morgan fingerprint density at radius 2 is 2.22 bits per heavy atom. The number of aryl methyl sites for hydroxylation is 1. The lowest BCUT2D eigenvalue weighted by Gasteiger charge is -2.48. The minimum absolute atomic E-state index is 0.0967. The Labute approximate surface area is 149 Å². The molecule has 1 aromatic rings. The fraction of sp³-hybridized carbons (Fsp3) is 0.722. The number of imidazole rings is 1. The first-order valence-corrected chi connectivity index (χ1v) is 10.6. The standard InChI is InChI=1S/C18H30N2OS2/c1-5-6-12-22-13-15-8-7-9-17(2,3)18(15,21)14-23-16-19-10-11-20(16)4/h10-11,13,21H,5-9,12,14H2,1-4H3/b15-13-. The van der Waals surface area contributed by atoms with Gasteiger partial charge in [0.15, 0.2) is 5.16 Å². The molecular weight excluding hydrogens is 324 g/mol. The van der Waals surface area contributed by atoms with Crippen LogP contribution in [0.2, 0.25) is 0 Å². The Balaban J connectivity index is 2.14. The zero-order valence-corrected chi connectivity index (χ0v) is 16.5. The Bertz CT molecular complexity index is 539. The fourth-order valence-electron chi connectivity index (χ4n) is 3.06. The molecule has 0 saturated heterocycles. The first kappa shape index (κ1) is 18.9. The Kier molecular flexibility index (Phi) is 6.69. The second kappa shape index (κ2) is 8.13. The molecule has 0 aromatic carbocycles. The van der Waals surface area contributed by atoms with Gasteiger partial charge in [0.1, 0.15) is 5.60 Å². The number of thioether (sulfide) groups is 2. The van der Waals surface area contributed by atoms with Crippen LogP contribution in [0.5, 0.6) is 0 Å². The number of rotatable bonds is 7. The summed E-state index contributed by atoms with van der Waals surface area (Å²) in [5.74, 6) is 1.81. The molecule has 0 bridgehead atoms. The molecule has 0 spiro atoms. The van der Waals surface area contributed by atoms with E-state index in [1.54, 1.807) is 11.8 Å². The summed E-state index contributed by atoms with van der Waals surface area (Å²) in [4.78, 5) is 4.38. The second-order valence-electron chi connectivity index (χ2n) is 7.07. The average molecular weight is 355 g/mol. The van der Waals surface area contributed by atoms with Gasteiger partial charge in [0.2, 0.25) is 0 Å². The van der Waals surface area contributed by atoms with Crippen LogP contribution >= 0.6 is 23.5 Å². The number of hydrogen-bond acceptors (Lipinski definition) is 4. The van der Waals surface area contributed by atoms with Crippen molar-refractivity contribution in [1.82, 2.24) is 9.55 Å². The van der Waals surface area contributed by atoms with Crippen molar-refractivity contribution in [2.24, 2.45) is 12.5 Å². The third kappa shape index (κ3) is 4.37. The molecule has 3 nitrogen and oxygen atoms in total. The molecular formula is C18H30N2OS2. The van der Waals surface area contributed by atoms with Crippen LogP contribution in [-0.4, -0.2) is 31.8 Å². The van der Waals surface area contributed by atoms with Crippen LogP contribution < -0.4 is 0 Å². The van der Waals surface area contributed by atoms with Crippen LogP contribution in [0.1, 0.15) is 52.9 Å². The van der Waals surface area contributed by atoms with E-state index in [4.69, 9.17) is 0 Å². The summed E-state index contributed by atoms with van der Waals surface area (Å²) in [6.07, 6.45) is 9.48. The van der Waals surface area contributed by atoms with Crippen LogP contribution in [-0.2, 0) is 7.05 Å². The van der Waals surface area contributed by atoms with Gasteiger partial charge in [0.05, 0.1) is 0 Å². The van der Waals surface area contributed by atoms with E-state index in [1.165, 1.54) is 24.8 Å².